The molecule has 0 bridgehead atoms. The van der Waals surface area contributed by atoms with Gasteiger partial charge in [-0.15, -0.1) is 0 Å². The molecule has 0 saturated carbocycles. The monoisotopic (exact) mass is 362 g/mol. The van der Waals surface area contributed by atoms with Crippen LogP contribution in [0, 0.1) is 5.92 Å². The number of carbonyl (C=O) groups excluding carboxylic acids is 1. The molecule has 3 rings (SSSR count). The second kappa shape index (κ2) is 7.41. The van der Waals surface area contributed by atoms with Gasteiger partial charge in [-0.2, -0.15) is 4.31 Å². The standard InChI is InChI=1S/C18H22N2O4S/c1-14-5-3-9-20(13-14)25(22,23)17-8-2-6-15(11-17)18(21)19-12-16-7-4-10-24-16/h2,4,6-8,10-11,14H,3,5,9,12-13H2,1H3,(H,19,21)/t14-/m1/s1. The molecule has 1 aliphatic rings. The highest BCUT2D eigenvalue weighted by Crippen LogP contribution is 2.24. The third kappa shape index (κ3) is 4.11. The predicted octanol–water partition coefficient (Wildman–Crippen LogP) is 2.63. The van der Waals surface area contributed by atoms with E-state index >= 15 is 0 Å². The summed E-state index contributed by atoms with van der Waals surface area (Å²) in [5.74, 6) is 0.656. The van der Waals surface area contributed by atoms with Gasteiger partial charge in [-0.25, -0.2) is 8.42 Å². The molecule has 7 heteroatoms. The van der Waals surface area contributed by atoms with E-state index in [4.69, 9.17) is 4.42 Å². The third-order valence-electron chi connectivity index (χ3n) is 4.36. The molecule has 1 fully saturated rings. The molecule has 0 aliphatic carbocycles. The van der Waals surface area contributed by atoms with E-state index in [1.165, 1.54) is 22.7 Å². The Bertz CT molecular complexity index is 831. The van der Waals surface area contributed by atoms with Gasteiger partial charge in [0.2, 0.25) is 10.0 Å². The van der Waals surface area contributed by atoms with E-state index in [2.05, 4.69) is 12.2 Å². The lowest BCUT2D eigenvalue weighted by Gasteiger charge is -2.30. The second-order valence-electron chi connectivity index (χ2n) is 6.40. The number of carbonyl (C=O) groups is 1. The second-order valence-corrected chi connectivity index (χ2v) is 8.34. The average molecular weight is 362 g/mol. The summed E-state index contributed by atoms with van der Waals surface area (Å²) in [4.78, 5) is 12.4. The van der Waals surface area contributed by atoms with Crippen LogP contribution in [0.4, 0.5) is 0 Å². The largest absolute Gasteiger partial charge is 0.467 e. The lowest BCUT2D eigenvalue weighted by Crippen LogP contribution is -2.39. The zero-order valence-corrected chi connectivity index (χ0v) is 15.0. The molecule has 2 heterocycles. The van der Waals surface area contributed by atoms with E-state index in [9.17, 15) is 13.2 Å². The highest BCUT2D eigenvalue weighted by molar-refractivity contribution is 7.89. The Labute approximate surface area is 147 Å². The van der Waals surface area contributed by atoms with Crippen molar-refractivity contribution in [3.63, 3.8) is 0 Å². The first-order chi connectivity index (χ1) is 12.0. The van der Waals surface area contributed by atoms with Crippen LogP contribution in [0.15, 0.2) is 52.0 Å². The molecule has 1 N–H and O–H groups in total. The van der Waals surface area contributed by atoms with Crippen LogP contribution in [0.25, 0.3) is 0 Å². The van der Waals surface area contributed by atoms with Gasteiger partial charge in [0.05, 0.1) is 17.7 Å². The molecule has 0 spiro atoms. The Kier molecular flexibility index (Phi) is 5.24. The van der Waals surface area contributed by atoms with Crippen LogP contribution >= 0.6 is 0 Å². The highest BCUT2D eigenvalue weighted by atomic mass is 32.2. The van der Waals surface area contributed by atoms with Crippen molar-refractivity contribution in [3.05, 3.63) is 54.0 Å². The number of benzene rings is 1. The summed E-state index contributed by atoms with van der Waals surface area (Å²) in [6.45, 7) is 3.37. The molecule has 134 valence electrons. The quantitative estimate of drug-likeness (QED) is 0.887. The molecular formula is C18H22N2O4S. The van der Waals surface area contributed by atoms with Crippen LogP contribution in [0.1, 0.15) is 35.9 Å². The van der Waals surface area contributed by atoms with Gasteiger partial charge in [0.15, 0.2) is 0 Å². The molecule has 25 heavy (non-hydrogen) atoms. The van der Waals surface area contributed by atoms with Crippen molar-refractivity contribution in [2.75, 3.05) is 13.1 Å². The number of rotatable bonds is 5. The smallest absolute Gasteiger partial charge is 0.251 e. The molecular weight excluding hydrogens is 340 g/mol. The molecule has 0 radical (unpaired) electrons. The number of nitrogens with one attached hydrogen (secondary N) is 1. The summed E-state index contributed by atoms with van der Waals surface area (Å²) in [5.41, 5.74) is 0.317. The summed E-state index contributed by atoms with van der Waals surface area (Å²) < 4.78 is 32.3. The summed E-state index contributed by atoms with van der Waals surface area (Å²) in [6.07, 6.45) is 3.44. The SMILES string of the molecule is C[C@@H]1CCCN(S(=O)(=O)c2cccc(C(=O)NCc3ccco3)c2)C1. The van der Waals surface area contributed by atoms with E-state index in [0.717, 1.165) is 12.8 Å². The third-order valence-corrected chi connectivity index (χ3v) is 6.22. The Morgan fingerprint density at radius 3 is 2.88 bits per heavy atom. The Balaban J connectivity index is 1.75. The van der Waals surface area contributed by atoms with Gasteiger partial charge in [0.25, 0.3) is 5.91 Å². The first kappa shape index (κ1) is 17.7. The van der Waals surface area contributed by atoms with Crippen molar-refractivity contribution in [1.82, 2.24) is 9.62 Å². The first-order valence-electron chi connectivity index (χ1n) is 8.37. The van der Waals surface area contributed by atoms with Gasteiger partial charge in [-0.3, -0.25) is 4.79 Å². The first-order valence-corrected chi connectivity index (χ1v) is 9.81. The number of furan rings is 1. The van der Waals surface area contributed by atoms with Crippen LogP contribution < -0.4 is 5.32 Å². The Morgan fingerprint density at radius 1 is 1.32 bits per heavy atom. The van der Waals surface area contributed by atoms with Crippen molar-refractivity contribution in [2.45, 2.75) is 31.2 Å². The normalized spacial score (nSPS) is 18.8. The molecule has 1 aliphatic heterocycles. The summed E-state index contributed by atoms with van der Waals surface area (Å²) in [7, 11) is -3.57. The maximum absolute atomic E-state index is 12.8. The van der Waals surface area contributed by atoms with Crippen molar-refractivity contribution in [3.8, 4) is 0 Å². The topological polar surface area (TPSA) is 79.6 Å². The maximum Gasteiger partial charge on any atom is 0.251 e. The van der Waals surface area contributed by atoms with Crippen LogP contribution in [0.5, 0.6) is 0 Å². The van der Waals surface area contributed by atoms with Crippen LogP contribution in [0.3, 0.4) is 0 Å². The zero-order valence-electron chi connectivity index (χ0n) is 14.1. The minimum atomic E-state index is -3.57. The van der Waals surface area contributed by atoms with Crippen LogP contribution in [-0.4, -0.2) is 31.7 Å². The lowest BCUT2D eigenvalue weighted by molar-refractivity contribution is 0.0948. The molecule has 1 saturated heterocycles. The van der Waals surface area contributed by atoms with Crippen molar-refractivity contribution >= 4 is 15.9 Å². The molecule has 2 aromatic rings. The van der Waals surface area contributed by atoms with Gasteiger partial charge >= 0.3 is 0 Å². The van der Waals surface area contributed by atoms with Crippen molar-refractivity contribution < 1.29 is 17.6 Å². The summed E-state index contributed by atoms with van der Waals surface area (Å²) in [5, 5.41) is 2.73. The van der Waals surface area contributed by atoms with Gasteiger partial charge in [0, 0.05) is 18.7 Å². The molecule has 0 unspecified atom stereocenters. The maximum atomic E-state index is 12.8. The fourth-order valence-corrected chi connectivity index (χ4v) is 4.64. The van der Waals surface area contributed by atoms with E-state index in [1.54, 1.807) is 24.3 Å². The molecule has 1 aromatic carbocycles. The number of hydrogen-bond donors (Lipinski definition) is 1. The highest BCUT2D eigenvalue weighted by Gasteiger charge is 2.29. The minimum absolute atomic E-state index is 0.159. The van der Waals surface area contributed by atoms with E-state index in [1.807, 2.05) is 0 Å². The number of amides is 1. The predicted molar refractivity (Wildman–Crippen MR) is 93.5 cm³/mol. The van der Waals surface area contributed by atoms with Crippen LogP contribution in [0.2, 0.25) is 0 Å². The minimum Gasteiger partial charge on any atom is -0.467 e. The number of piperidine rings is 1. The molecule has 1 atom stereocenters. The number of sulfonamides is 1. The lowest BCUT2D eigenvalue weighted by atomic mass is 10.0. The molecule has 1 amide bonds. The van der Waals surface area contributed by atoms with E-state index in [-0.39, 0.29) is 17.3 Å². The van der Waals surface area contributed by atoms with E-state index in [0.29, 0.717) is 30.3 Å². The van der Waals surface area contributed by atoms with Gasteiger partial charge in [0.1, 0.15) is 5.76 Å². The van der Waals surface area contributed by atoms with Crippen LogP contribution in [-0.2, 0) is 16.6 Å². The fourth-order valence-electron chi connectivity index (χ4n) is 2.99. The Morgan fingerprint density at radius 2 is 2.16 bits per heavy atom. The Hall–Kier alpha value is -2.12. The van der Waals surface area contributed by atoms with Gasteiger partial charge in [-0.05, 0) is 49.1 Å². The number of hydrogen-bond acceptors (Lipinski definition) is 4. The fraction of sp³-hybridized carbons (Fsp3) is 0.389. The summed E-state index contributed by atoms with van der Waals surface area (Å²) >= 11 is 0. The van der Waals surface area contributed by atoms with E-state index < -0.39 is 10.0 Å². The summed E-state index contributed by atoms with van der Waals surface area (Å²) in [6, 6.07) is 9.69. The van der Waals surface area contributed by atoms with Gasteiger partial charge < -0.3 is 9.73 Å². The van der Waals surface area contributed by atoms with Gasteiger partial charge in [-0.1, -0.05) is 13.0 Å². The average Bonchev–Trinajstić information content (AvgIpc) is 3.13. The molecule has 1 aromatic heterocycles. The molecule has 6 nitrogen and oxygen atoms in total. The van der Waals surface area contributed by atoms with Crippen molar-refractivity contribution in [1.29, 1.82) is 0 Å². The van der Waals surface area contributed by atoms with Crippen molar-refractivity contribution in [2.24, 2.45) is 5.92 Å². The zero-order chi connectivity index (χ0) is 17.9. The number of nitrogens with zero attached hydrogens (tertiary/aromatic N) is 1.